The van der Waals surface area contributed by atoms with Crippen LogP contribution < -0.4 is 0 Å². The van der Waals surface area contributed by atoms with E-state index < -0.39 is 10.8 Å². The molecule has 29 heavy (non-hydrogen) atoms. The summed E-state index contributed by atoms with van der Waals surface area (Å²) in [6.45, 7) is 5.42. The fourth-order valence-electron chi connectivity index (χ4n) is 3.58. The molecule has 3 rings (SSSR count). The summed E-state index contributed by atoms with van der Waals surface area (Å²) >= 11 is 10.6. The molecule has 0 bridgehead atoms. The normalized spacial score (nSPS) is 20.1. The molecular formula is C23H25ClFNO2S. The number of likely N-dealkylation sites (tertiary alicyclic amines) is 1. The summed E-state index contributed by atoms with van der Waals surface area (Å²) in [6.07, 6.45) is 1.72. The van der Waals surface area contributed by atoms with Gasteiger partial charge in [0.1, 0.15) is 5.82 Å². The highest BCUT2D eigenvalue weighted by Gasteiger charge is 2.41. The maximum Gasteiger partial charge on any atom is 0.235 e. The first-order chi connectivity index (χ1) is 13.6. The van der Waals surface area contributed by atoms with Crippen molar-refractivity contribution in [1.82, 2.24) is 4.90 Å². The molecule has 0 aromatic heterocycles. The summed E-state index contributed by atoms with van der Waals surface area (Å²) in [6, 6.07) is 12.1. The lowest BCUT2D eigenvalue weighted by molar-refractivity contribution is -0.154. The van der Waals surface area contributed by atoms with Crippen molar-refractivity contribution in [2.75, 3.05) is 0 Å². The Morgan fingerprint density at radius 3 is 2.48 bits per heavy atom. The van der Waals surface area contributed by atoms with Crippen LogP contribution in [0.1, 0.15) is 39.2 Å². The van der Waals surface area contributed by atoms with E-state index in [1.165, 1.54) is 17.0 Å². The molecule has 2 amide bonds. The topological polar surface area (TPSA) is 37.4 Å². The molecule has 0 N–H and O–H groups in total. The Labute approximate surface area is 181 Å². The molecule has 1 aliphatic heterocycles. The zero-order valence-electron chi connectivity index (χ0n) is 16.8. The molecule has 154 valence electrons. The van der Waals surface area contributed by atoms with Gasteiger partial charge >= 0.3 is 0 Å². The van der Waals surface area contributed by atoms with Crippen molar-refractivity contribution in [1.29, 1.82) is 0 Å². The van der Waals surface area contributed by atoms with E-state index in [1.807, 2.05) is 24.3 Å². The Kier molecular flexibility index (Phi) is 6.39. The first-order valence-corrected chi connectivity index (χ1v) is 10.6. The quantitative estimate of drug-likeness (QED) is 0.625. The number of hydrogen-bond acceptors (Lipinski definition) is 3. The fraction of sp³-hybridized carbons (Fsp3) is 0.391. The first-order valence-electron chi connectivity index (χ1n) is 9.67. The van der Waals surface area contributed by atoms with Crippen LogP contribution in [0.25, 0.3) is 11.1 Å². The molecule has 1 aliphatic rings. The van der Waals surface area contributed by atoms with Crippen LogP contribution >= 0.6 is 24.2 Å². The molecule has 0 saturated carbocycles. The van der Waals surface area contributed by atoms with E-state index >= 15 is 0 Å². The van der Waals surface area contributed by atoms with Crippen LogP contribution in [0.4, 0.5) is 4.39 Å². The van der Waals surface area contributed by atoms with E-state index in [-0.39, 0.29) is 23.5 Å². The van der Waals surface area contributed by atoms with E-state index in [0.29, 0.717) is 29.8 Å². The minimum Gasteiger partial charge on any atom is -0.274 e. The third-order valence-corrected chi connectivity index (χ3v) is 6.12. The largest absolute Gasteiger partial charge is 0.274 e. The summed E-state index contributed by atoms with van der Waals surface area (Å²) < 4.78 is 14.1. The molecule has 2 atom stereocenters. The Hall–Kier alpha value is -1.85. The molecule has 2 aromatic rings. The van der Waals surface area contributed by atoms with Crippen molar-refractivity contribution in [3.05, 3.63) is 58.9 Å². The summed E-state index contributed by atoms with van der Waals surface area (Å²) in [7, 11) is 0. The highest BCUT2D eigenvalue weighted by Crippen LogP contribution is 2.34. The van der Waals surface area contributed by atoms with Crippen molar-refractivity contribution in [2.24, 2.45) is 11.3 Å². The van der Waals surface area contributed by atoms with Crippen molar-refractivity contribution in [2.45, 2.75) is 45.4 Å². The highest BCUT2D eigenvalue weighted by molar-refractivity contribution is 7.81. The molecule has 1 saturated heterocycles. The van der Waals surface area contributed by atoms with Gasteiger partial charge in [-0.1, -0.05) is 56.6 Å². The number of rotatable bonds is 3. The number of nitrogens with zero attached hydrogens (tertiary/aromatic N) is 1. The van der Waals surface area contributed by atoms with Crippen molar-refractivity contribution < 1.29 is 14.0 Å². The van der Waals surface area contributed by atoms with E-state index in [4.69, 9.17) is 11.6 Å². The number of amides is 2. The van der Waals surface area contributed by atoms with Crippen LogP contribution in [-0.4, -0.2) is 22.1 Å². The number of imide groups is 1. The maximum atomic E-state index is 14.1. The van der Waals surface area contributed by atoms with Crippen LogP contribution in [0.5, 0.6) is 0 Å². The lowest BCUT2D eigenvalue weighted by Crippen LogP contribution is -2.53. The fourth-order valence-corrected chi connectivity index (χ4v) is 4.24. The second-order valence-electron chi connectivity index (χ2n) is 8.56. The van der Waals surface area contributed by atoms with Crippen molar-refractivity contribution >= 4 is 36.0 Å². The molecule has 1 fully saturated rings. The number of piperidine rings is 1. The molecule has 1 heterocycles. The van der Waals surface area contributed by atoms with Gasteiger partial charge < -0.3 is 0 Å². The Morgan fingerprint density at radius 1 is 1.21 bits per heavy atom. The smallest absolute Gasteiger partial charge is 0.235 e. The monoisotopic (exact) mass is 433 g/mol. The predicted molar refractivity (Wildman–Crippen MR) is 117 cm³/mol. The minimum atomic E-state index is -0.638. The number of thiol groups is 1. The maximum absolute atomic E-state index is 14.1. The van der Waals surface area contributed by atoms with Gasteiger partial charge in [-0.25, -0.2) is 4.39 Å². The van der Waals surface area contributed by atoms with E-state index in [0.717, 1.165) is 11.1 Å². The van der Waals surface area contributed by atoms with E-state index in [9.17, 15) is 14.0 Å². The summed E-state index contributed by atoms with van der Waals surface area (Å²) in [5, 5.41) is 0.0342. The van der Waals surface area contributed by atoms with Gasteiger partial charge in [-0.3, -0.25) is 14.5 Å². The molecule has 0 radical (unpaired) electrons. The van der Waals surface area contributed by atoms with Gasteiger partial charge in [-0.05, 0) is 48.1 Å². The Morgan fingerprint density at radius 2 is 1.86 bits per heavy atom. The van der Waals surface area contributed by atoms with Gasteiger partial charge in [0.25, 0.3) is 0 Å². The van der Waals surface area contributed by atoms with Gasteiger partial charge in [-0.2, -0.15) is 12.6 Å². The molecule has 1 unspecified atom stereocenters. The highest BCUT2D eigenvalue weighted by atomic mass is 35.5. The molecular weight excluding hydrogens is 409 g/mol. The van der Waals surface area contributed by atoms with Crippen molar-refractivity contribution in [3.63, 3.8) is 0 Å². The molecule has 2 aromatic carbocycles. The van der Waals surface area contributed by atoms with Crippen molar-refractivity contribution in [3.8, 4) is 11.1 Å². The molecule has 3 nitrogen and oxygen atoms in total. The number of carbonyl (C=O) groups is 2. The Bertz CT molecular complexity index is 923. The van der Waals surface area contributed by atoms with Crippen LogP contribution in [0.3, 0.4) is 0 Å². The third-order valence-electron chi connectivity index (χ3n) is 5.24. The second-order valence-corrected chi connectivity index (χ2v) is 9.52. The first kappa shape index (κ1) is 21.8. The average molecular weight is 434 g/mol. The van der Waals surface area contributed by atoms with Crippen LogP contribution in [0.15, 0.2) is 42.5 Å². The molecule has 6 heteroatoms. The van der Waals surface area contributed by atoms with E-state index in [2.05, 4.69) is 12.6 Å². The molecule has 0 aliphatic carbocycles. The number of carbonyl (C=O) groups excluding carboxylic acids is 2. The summed E-state index contributed by atoms with van der Waals surface area (Å²) in [4.78, 5) is 26.4. The zero-order valence-corrected chi connectivity index (χ0v) is 18.4. The predicted octanol–water partition coefficient (Wildman–Crippen LogP) is 5.76. The lowest BCUT2D eigenvalue weighted by atomic mass is 9.87. The average Bonchev–Trinajstić information content (AvgIpc) is 2.66. The number of hydrogen-bond donors (Lipinski definition) is 1. The summed E-state index contributed by atoms with van der Waals surface area (Å²) in [5.74, 6) is -0.609. The van der Waals surface area contributed by atoms with Crippen LogP contribution in [0.2, 0.25) is 5.02 Å². The minimum absolute atomic E-state index is 0.0658. The van der Waals surface area contributed by atoms with Gasteiger partial charge in [0.2, 0.25) is 11.8 Å². The van der Waals surface area contributed by atoms with E-state index in [1.54, 1.807) is 26.8 Å². The van der Waals surface area contributed by atoms with Gasteiger partial charge in [0, 0.05) is 22.4 Å². The number of benzene rings is 2. The molecule has 0 spiro atoms. The van der Waals surface area contributed by atoms with Gasteiger partial charge in [0.15, 0.2) is 0 Å². The zero-order chi connectivity index (χ0) is 21.3. The summed E-state index contributed by atoms with van der Waals surface area (Å²) in [5.41, 5.74) is 1.62. The SMILES string of the molecule is CC(C)(C)C(=O)N1C(=O)CC[C@@H](Cc2ccc(-c3cc(Cl)ccc3F)cc2)C1S. The van der Waals surface area contributed by atoms with Gasteiger partial charge in [0.05, 0.1) is 5.37 Å². The Balaban J connectivity index is 1.77. The van der Waals surface area contributed by atoms with Crippen LogP contribution in [0, 0.1) is 17.2 Å². The van der Waals surface area contributed by atoms with Crippen LogP contribution in [-0.2, 0) is 16.0 Å². The van der Waals surface area contributed by atoms with Gasteiger partial charge in [-0.15, -0.1) is 0 Å². The standard InChI is InChI=1S/C23H25ClFNO2S/c1-23(2,3)22(28)26-20(27)11-8-16(21(26)29)12-14-4-6-15(7-5-14)18-13-17(24)9-10-19(18)25/h4-7,9-10,13,16,21,29H,8,11-12H2,1-3H3/t16-,21?/m0/s1. The lowest BCUT2D eigenvalue weighted by Gasteiger charge is -2.40. The number of halogens is 2. The third kappa shape index (κ3) is 4.84. The second kappa shape index (κ2) is 8.49.